The van der Waals surface area contributed by atoms with Gasteiger partial charge in [-0.3, -0.25) is 0 Å². The molecule has 0 fully saturated rings. The van der Waals surface area contributed by atoms with Crippen LogP contribution in [0.3, 0.4) is 0 Å². The molecule has 2 aliphatic rings. The van der Waals surface area contributed by atoms with Gasteiger partial charge in [0.15, 0.2) is 7.14 Å². The molecule has 0 bridgehead atoms. The summed E-state index contributed by atoms with van der Waals surface area (Å²) in [6, 6.07) is 74.4. The Labute approximate surface area is 360 Å². The summed E-state index contributed by atoms with van der Waals surface area (Å²) in [5.41, 5.74) is 8.04. The summed E-state index contributed by atoms with van der Waals surface area (Å²) >= 11 is 0. The van der Waals surface area contributed by atoms with Crippen LogP contribution in [0.25, 0.3) is 27.5 Å². The number of sulfone groups is 1. The van der Waals surface area contributed by atoms with Crippen molar-refractivity contribution < 1.29 is 13.0 Å². The van der Waals surface area contributed by atoms with Crippen LogP contribution in [-0.2, 0) is 19.8 Å². The van der Waals surface area contributed by atoms with Crippen LogP contribution in [0.5, 0.6) is 0 Å². The van der Waals surface area contributed by atoms with Crippen molar-refractivity contribution in [3.05, 3.63) is 247 Å². The van der Waals surface area contributed by atoms with Gasteiger partial charge in [0, 0.05) is 38.1 Å². The van der Waals surface area contributed by atoms with Crippen LogP contribution in [0, 0.1) is 0 Å². The summed E-state index contributed by atoms with van der Waals surface area (Å²) in [6.07, 6.45) is 0. The first-order chi connectivity index (χ1) is 30.4. The van der Waals surface area contributed by atoms with Crippen LogP contribution in [-0.4, -0.2) is 13.0 Å². The topological polar surface area (TPSA) is 59.4 Å². The molecule has 1 aromatic heterocycles. The summed E-state index contributed by atoms with van der Waals surface area (Å²) < 4.78 is 48.1. The fourth-order valence-electron chi connectivity index (χ4n) is 10.3. The summed E-state index contributed by atoms with van der Waals surface area (Å²) in [4.78, 5) is 2.87. The van der Waals surface area contributed by atoms with Crippen LogP contribution < -0.4 is 20.8 Å². The standard InChI is InChI=1S/C55H37N2O3PS/c58-61(40-20-6-2-7-21-40,41-22-8-3-9-23-41)42-34-32-39(33-35-42)56-49-28-14-10-24-43(49)44-36-48-54(37-52(44)56)62(59,60)53-31-17-13-27-47(53)55(48)45-25-11-15-29-50(45)57(38-18-4-1-5-19-38)51-30-16-12-26-46(51)55/h1-37H. The van der Waals surface area contributed by atoms with Crippen LogP contribution >= 0.6 is 7.14 Å². The predicted octanol–water partition coefficient (Wildman–Crippen LogP) is 11.7. The first-order valence-corrected chi connectivity index (χ1v) is 23.9. The van der Waals surface area contributed by atoms with Gasteiger partial charge in [-0.05, 0) is 95.1 Å². The Balaban J connectivity index is 1.14. The van der Waals surface area contributed by atoms with E-state index < -0.39 is 22.4 Å². The molecule has 3 heterocycles. The minimum absolute atomic E-state index is 0.278. The summed E-state index contributed by atoms with van der Waals surface area (Å²) in [7, 11) is -7.25. The maximum Gasteiger partial charge on any atom is 0.207 e. The number of para-hydroxylation sites is 4. The largest absolute Gasteiger partial charge is 0.310 e. The van der Waals surface area contributed by atoms with E-state index in [0.29, 0.717) is 4.90 Å². The van der Waals surface area contributed by atoms with Gasteiger partial charge in [0.05, 0.1) is 37.6 Å². The Bertz CT molecular complexity index is 3480. The molecular weight excluding hydrogens is 800 g/mol. The maximum absolute atomic E-state index is 15.3. The Kier molecular flexibility index (Phi) is 8.05. The molecule has 0 unspecified atom stereocenters. The fraction of sp³-hybridized carbons (Fsp3) is 0.0182. The predicted molar refractivity (Wildman–Crippen MR) is 252 cm³/mol. The van der Waals surface area contributed by atoms with E-state index in [1.807, 2.05) is 140 Å². The van der Waals surface area contributed by atoms with E-state index in [2.05, 4.69) is 88.3 Å². The quantitative estimate of drug-likeness (QED) is 0.162. The van der Waals surface area contributed by atoms with Crippen molar-refractivity contribution in [2.24, 2.45) is 0 Å². The van der Waals surface area contributed by atoms with E-state index in [4.69, 9.17) is 0 Å². The van der Waals surface area contributed by atoms with Gasteiger partial charge in [0.25, 0.3) is 0 Å². The minimum atomic E-state index is -4.03. The molecule has 62 heavy (non-hydrogen) atoms. The number of hydrogen-bond acceptors (Lipinski definition) is 4. The van der Waals surface area contributed by atoms with Crippen molar-refractivity contribution in [2.45, 2.75) is 15.2 Å². The molecule has 0 amide bonds. The number of benzene rings is 9. The lowest BCUT2D eigenvalue weighted by Crippen LogP contribution is -2.42. The third-order valence-electron chi connectivity index (χ3n) is 12.9. The summed E-state index contributed by atoms with van der Waals surface area (Å²) in [6.45, 7) is 0. The lowest BCUT2D eigenvalue weighted by molar-refractivity contribution is 0.578. The molecule has 9 aromatic carbocycles. The van der Waals surface area contributed by atoms with Crippen molar-refractivity contribution in [3.8, 4) is 5.69 Å². The number of hydrogen-bond donors (Lipinski definition) is 0. The minimum Gasteiger partial charge on any atom is -0.310 e. The zero-order valence-corrected chi connectivity index (χ0v) is 35.0. The van der Waals surface area contributed by atoms with Crippen LogP contribution in [0.2, 0.25) is 0 Å². The normalized spacial score (nSPS) is 14.5. The lowest BCUT2D eigenvalue weighted by atomic mass is 9.62. The molecule has 0 radical (unpaired) electrons. The maximum atomic E-state index is 15.3. The van der Waals surface area contributed by atoms with Gasteiger partial charge < -0.3 is 14.0 Å². The summed E-state index contributed by atoms with van der Waals surface area (Å²) in [5.74, 6) is 0. The van der Waals surface area contributed by atoms with Gasteiger partial charge in [0.1, 0.15) is 0 Å². The Hall–Kier alpha value is -7.24. The highest BCUT2D eigenvalue weighted by molar-refractivity contribution is 7.91. The zero-order chi connectivity index (χ0) is 41.6. The highest BCUT2D eigenvalue weighted by atomic mass is 32.2. The third-order valence-corrected chi connectivity index (χ3v) is 17.8. The van der Waals surface area contributed by atoms with Crippen molar-refractivity contribution in [1.29, 1.82) is 0 Å². The van der Waals surface area contributed by atoms with Crippen LogP contribution in [0.4, 0.5) is 17.1 Å². The van der Waals surface area contributed by atoms with Gasteiger partial charge in [-0.1, -0.05) is 152 Å². The fourth-order valence-corrected chi connectivity index (χ4v) is 14.7. The number of anilines is 3. The Morgan fingerprint density at radius 1 is 0.387 bits per heavy atom. The van der Waals surface area contributed by atoms with Gasteiger partial charge in [0.2, 0.25) is 9.84 Å². The molecular formula is C55H37N2O3PS. The monoisotopic (exact) mass is 836 g/mol. The average Bonchev–Trinajstić information content (AvgIpc) is 3.66. The molecule has 2 aliphatic heterocycles. The highest BCUT2D eigenvalue weighted by Crippen LogP contribution is 2.62. The van der Waals surface area contributed by atoms with Gasteiger partial charge in [-0.2, -0.15) is 0 Å². The van der Waals surface area contributed by atoms with Crippen molar-refractivity contribution >= 4 is 71.8 Å². The van der Waals surface area contributed by atoms with Gasteiger partial charge in [-0.25, -0.2) is 8.42 Å². The number of nitrogens with zero attached hydrogens (tertiary/aromatic N) is 2. The zero-order valence-electron chi connectivity index (χ0n) is 33.3. The molecule has 0 aliphatic carbocycles. The van der Waals surface area contributed by atoms with Crippen molar-refractivity contribution in [3.63, 3.8) is 0 Å². The van der Waals surface area contributed by atoms with Crippen LogP contribution in [0.1, 0.15) is 22.3 Å². The number of rotatable bonds is 5. The smallest absolute Gasteiger partial charge is 0.207 e. The van der Waals surface area contributed by atoms with E-state index in [9.17, 15) is 0 Å². The lowest BCUT2D eigenvalue weighted by Gasteiger charge is -2.48. The second kappa shape index (κ2) is 13.6. The van der Waals surface area contributed by atoms with E-state index in [0.717, 1.165) is 82.7 Å². The molecule has 1 spiro atoms. The molecule has 12 rings (SSSR count). The van der Waals surface area contributed by atoms with Gasteiger partial charge >= 0.3 is 0 Å². The van der Waals surface area contributed by atoms with Crippen molar-refractivity contribution in [2.75, 3.05) is 4.90 Å². The summed E-state index contributed by atoms with van der Waals surface area (Å²) in [5, 5.41) is 4.19. The van der Waals surface area contributed by atoms with E-state index in [1.165, 1.54) is 0 Å². The SMILES string of the molecule is O=P(c1ccccc1)(c1ccccc1)c1ccc(-n2c3ccccc3c3cc4c(cc32)S(=O)(=O)c2ccccc2C42c3ccccc3N(c3ccccc3)c3ccccc32)cc1. The molecule has 7 heteroatoms. The first-order valence-electron chi connectivity index (χ1n) is 20.7. The molecule has 0 atom stereocenters. The molecule has 0 saturated carbocycles. The van der Waals surface area contributed by atoms with Crippen LogP contribution in [0.15, 0.2) is 234 Å². The second-order valence-corrected chi connectivity index (χ2v) is 20.6. The number of fused-ring (bicyclic) bond motifs is 11. The third kappa shape index (κ3) is 4.96. The number of aromatic nitrogens is 1. The van der Waals surface area contributed by atoms with E-state index in [-0.39, 0.29) is 4.90 Å². The molecule has 0 saturated heterocycles. The molecule has 5 nitrogen and oxygen atoms in total. The van der Waals surface area contributed by atoms with E-state index in [1.54, 1.807) is 6.07 Å². The molecule has 0 N–H and O–H groups in total. The first kappa shape index (κ1) is 36.6. The molecule has 296 valence electrons. The van der Waals surface area contributed by atoms with Crippen molar-refractivity contribution in [1.82, 2.24) is 4.57 Å². The Morgan fingerprint density at radius 3 is 1.52 bits per heavy atom. The average molecular weight is 837 g/mol. The second-order valence-electron chi connectivity index (χ2n) is 16.0. The molecule has 10 aromatic rings. The van der Waals surface area contributed by atoms with E-state index >= 15 is 13.0 Å². The Morgan fingerprint density at radius 2 is 0.887 bits per heavy atom. The van der Waals surface area contributed by atoms with Gasteiger partial charge in [-0.15, -0.1) is 0 Å². The highest BCUT2D eigenvalue weighted by Gasteiger charge is 2.53.